The van der Waals surface area contributed by atoms with Gasteiger partial charge in [0.2, 0.25) is 10.4 Å². The van der Waals surface area contributed by atoms with E-state index in [0.717, 1.165) is 70.3 Å². The van der Waals surface area contributed by atoms with Gasteiger partial charge in [-0.05, 0) is 12.1 Å². The quantitative estimate of drug-likeness (QED) is 0.0320. The number of hydrogen-bond donors (Lipinski definition) is 5. The predicted octanol–water partition coefficient (Wildman–Crippen LogP) is -0.299. The smallest absolute Gasteiger partial charge is 0.505 e. The predicted molar refractivity (Wildman–Crippen MR) is 199 cm³/mol. The van der Waals surface area contributed by atoms with Gasteiger partial charge >= 0.3 is 124 Å². The Morgan fingerprint density at radius 2 is 1.17 bits per heavy atom. The number of aliphatic carboxylic acids is 1. The molecule has 5 rings (SSSR count). The SMILES string of the molecule is C1CSCCO1.CC(=O)O.COS(=O)(=O)[O-].CS(=O)(=O)OO.C[C-]=O.O.Oc1ccc([I-]c2ccc(O)c(F)c2)cc1F.Oc1ccc([S+]2CCOCC2)cc1F.[Cu+]. The number of carbonyl (C=O) groups excluding carboxylic acids is 1. The maximum Gasteiger partial charge on any atom is 1.00 e. The van der Waals surface area contributed by atoms with Crippen molar-refractivity contribution in [2.24, 2.45) is 0 Å². The summed E-state index contributed by atoms with van der Waals surface area (Å²) in [7, 11) is -7.11. The molecule has 0 bridgehead atoms. The van der Waals surface area contributed by atoms with Gasteiger partial charge in [-0.25, -0.2) is 18.1 Å². The number of rotatable bonds is 5. The standard InChI is InChI=1S/C12H8F2IO2.C10H11FO2S.C4H8OS.C2H4O2.C2H3O.2CH4O4S.Cu.H2O/c13-9-5-7(1-3-11(9)16)15-8-2-4-12(17)10(14)6-8;11-9-7-8(1-2-10(9)12)14-5-3-13-4-6-14;1-3-6-4-2-5-1;1-2(3)4;1-2-3;1-6(3,4)5-2;1-5-6(2,3)4;;/h1-6,16-17H;1-2,7H,3-6H2;1-4H2;1H3,(H,3,4);1H3;2H,1H3;1H3,(H,2,3,4);;1H2/q-1;;;;-1;;;+1;. The van der Waals surface area contributed by atoms with Gasteiger partial charge in [-0.2, -0.15) is 27.1 Å². The van der Waals surface area contributed by atoms with Gasteiger partial charge in [0.05, 0.1) is 39.8 Å². The number of aromatic hydroxyl groups is 3. The van der Waals surface area contributed by atoms with Crippen LogP contribution in [0.2, 0.25) is 0 Å². The van der Waals surface area contributed by atoms with E-state index < -0.39 is 76.6 Å². The zero-order valence-electron chi connectivity index (χ0n) is 31.0. The van der Waals surface area contributed by atoms with Crippen molar-refractivity contribution in [3.8, 4) is 17.2 Å². The minimum absolute atomic E-state index is 0. The number of hydrogen-bond acceptors (Lipinski definition) is 16. The zero-order chi connectivity index (χ0) is 43.3. The number of carboxylic acids is 1. The normalized spacial score (nSPS) is 13.1. The first-order valence-corrected chi connectivity index (χ1v) is 23.2. The Hall–Kier alpha value is -2.44. The molecule has 0 amide bonds. The maximum atomic E-state index is 13.1. The molecule has 3 aromatic carbocycles. The molecule has 26 heteroatoms. The molecule has 0 spiro atoms. The van der Waals surface area contributed by atoms with Crippen molar-refractivity contribution in [1.82, 2.24) is 0 Å². The Labute approximate surface area is 362 Å². The summed E-state index contributed by atoms with van der Waals surface area (Å²) < 4.78 is 104. The number of phenols is 3. The minimum atomic E-state index is -4.41. The van der Waals surface area contributed by atoms with E-state index in [1.54, 1.807) is 18.2 Å². The number of thioether (sulfide) groups is 1. The van der Waals surface area contributed by atoms with Crippen LogP contribution in [0.1, 0.15) is 13.8 Å². The fourth-order valence-corrected chi connectivity index (χ4v) is 7.89. The van der Waals surface area contributed by atoms with E-state index in [1.807, 2.05) is 11.8 Å². The maximum absolute atomic E-state index is 13.1. The molecule has 0 saturated carbocycles. The molecule has 0 aromatic heterocycles. The topological polar surface area (TPSA) is 295 Å². The Kier molecular flexibility index (Phi) is 37.9. The Balaban J connectivity index is -0.000000318. The Morgan fingerprint density at radius 1 is 0.845 bits per heavy atom. The average Bonchev–Trinajstić information content (AvgIpc) is 3.14. The molecule has 0 aliphatic carbocycles. The van der Waals surface area contributed by atoms with Gasteiger partial charge in [-0.15, -0.1) is 4.33 Å². The van der Waals surface area contributed by atoms with Crippen LogP contribution in [0, 0.1) is 24.6 Å². The number of ether oxygens (including phenoxy) is 2. The second kappa shape index (κ2) is 35.3. The Morgan fingerprint density at radius 3 is 1.43 bits per heavy atom. The molecule has 0 unspecified atom stereocenters. The van der Waals surface area contributed by atoms with Gasteiger partial charge < -0.3 is 34.5 Å². The van der Waals surface area contributed by atoms with Gasteiger partial charge in [0.25, 0.3) is 16.1 Å². The summed E-state index contributed by atoms with van der Waals surface area (Å²) >= 11 is 1.24. The van der Waals surface area contributed by atoms with Crippen LogP contribution in [0.25, 0.3) is 0 Å². The van der Waals surface area contributed by atoms with Crippen molar-refractivity contribution >= 4 is 55.4 Å². The first-order valence-electron chi connectivity index (χ1n) is 15.1. The summed E-state index contributed by atoms with van der Waals surface area (Å²) in [6.45, 7) is 5.84. The van der Waals surface area contributed by atoms with Crippen molar-refractivity contribution in [3.05, 3.63) is 79.2 Å². The molecular weight excluding hydrogens is 1030 g/mol. The van der Waals surface area contributed by atoms with Crippen LogP contribution in [-0.2, 0) is 76.1 Å². The van der Waals surface area contributed by atoms with E-state index in [2.05, 4.69) is 8.52 Å². The largest absolute Gasteiger partial charge is 1.00 e. The second-order valence-electron chi connectivity index (χ2n) is 9.71. The van der Waals surface area contributed by atoms with Crippen LogP contribution in [0.15, 0.2) is 59.5 Å². The number of carboxylic acid groups (broad SMARTS) is 1. The van der Waals surface area contributed by atoms with Crippen molar-refractivity contribution < 1.29 is 132 Å². The molecule has 0 atom stereocenters. The van der Waals surface area contributed by atoms with E-state index in [1.165, 1.54) is 61.1 Å². The monoisotopic (exact) mass is 1070 g/mol. The van der Waals surface area contributed by atoms with Gasteiger partial charge in [0.1, 0.15) is 11.5 Å². The number of benzene rings is 3. The van der Waals surface area contributed by atoms with E-state index in [0.29, 0.717) is 0 Å². The third-order valence-electron chi connectivity index (χ3n) is 5.32. The van der Waals surface area contributed by atoms with Gasteiger partial charge in [-0.3, -0.25) is 15.3 Å². The van der Waals surface area contributed by atoms with Crippen LogP contribution in [-0.4, -0.2) is 128 Å². The van der Waals surface area contributed by atoms with Crippen LogP contribution in [0.3, 0.4) is 0 Å². The fourth-order valence-electron chi connectivity index (χ4n) is 3.07. The molecule has 2 saturated heterocycles. The van der Waals surface area contributed by atoms with Crippen molar-refractivity contribution in [1.29, 1.82) is 0 Å². The summed E-state index contributed by atoms with van der Waals surface area (Å²) in [6.07, 6.45) is 2.24. The van der Waals surface area contributed by atoms with E-state index >= 15 is 0 Å². The first-order chi connectivity index (χ1) is 26.1. The summed E-state index contributed by atoms with van der Waals surface area (Å²) in [6, 6.07) is 12.9. The van der Waals surface area contributed by atoms with Crippen LogP contribution < -0.4 is 21.2 Å². The molecule has 3 aromatic rings. The van der Waals surface area contributed by atoms with E-state index in [9.17, 15) is 34.6 Å². The summed E-state index contributed by atoms with van der Waals surface area (Å²) in [5, 5.41) is 41.8. The number of halogens is 4. The second-order valence-corrected chi connectivity index (χ2v) is 19.0. The molecule has 7 N–H and O–H groups in total. The molecule has 0 radical (unpaired) electrons. The number of phenolic OH excluding ortho intramolecular Hbond substituents is 3. The van der Waals surface area contributed by atoms with Crippen LogP contribution in [0.5, 0.6) is 17.2 Å². The zero-order valence-corrected chi connectivity index (χ0v) is 37.4. The van der Waals surface area contributed by atoms with E-state index in [-0.39, 0.29) is 39.2 Å². The molecular formula is C32H44CuF3IO17S4-. The molecule has 2 heterocycles. The molecule has 17 nitrogen and oxygen atoms in total. The molecule has 2 fully saturated rings. The van der Waals surface area contributed by atoms with Crippen LogP contribution in [0.4, 0.5) is 13.2 Å². The third kappa shape index (κ3) is 35.5. The minimum Gasteiger partial charge on any atom is -0.505 e. The summed E-state index contributed by atoms with van der Waals surface area (Å²) in [4.78, 5) is 18.7. The first kappa shape index (κ1) is 62.2. The Bertz CT molecular complexity index is 1710. The molecule has 58 heavy (non-hydrogen) atoms. The summed E-state index contributed by atoms with van der Waals surface area (Å²) in [5.74, 6) is 0.535. The molecule has 2 aliphatic rings. The van der Waals surface area contributed by atoms with Crippen LogP contribution >= 0.6 is 11.8 Å². The average molecular weight is 1080 g/mol. The molecule has 2 aliphatic heterocycles. The fraction of sp³-hybridized carbons (Fsp3) is 0.375. The van der Waals surface area contributed by atoms with Crippen molar-refractivity contribution in [2.45, 2.75) is 18.7 Å². The molecule has 338 valence electrons. The summed E-state index contributed by atoms with van der Waals surface area (Å²) in [5.41, 5.74) is 0. The van der Waals surface area contributed by atoms with Crippen molar-refractivity contribution in [3.63, 3.8) is 0 Å². The number of carbonyl (C=O) groups is 1. The third-order valence-corrected chi connectivity index (χ3v) is 11.7. The van der Waals surface area contributed by atoms with Crippen molar-refractivity contribution in [2.75, 3.05) is 62.8 Å². The van der Waals surface area contributed by atoms with Gasteiger partial charge in [0.15, 0.2) is 16.5 Å². The van der Waals surface area contributed by atoms with Gasteiger partial charge in [0, 0.05) is 35.4 Å². The van der Waals surface area contributed by atoms with Gasteiger partial charge in [-0.1, -0.05) is 0 Å². The van der Waals surface area contributed by atoms with E-state index in [4.69, 9.17) is 44.7 Å².